The third-order valence-corrected chi connectivity index (χ3v) is 1.89. The molecule has 1 saturated carbocycles. The van der Waals surface area contributed by atoms with Crippen LogP contribution in [0, 0.1) is 0 Å². The number of aromatic nitrogens is 1. The van der Waals surface area contributed by atoms with E-state index in [1.165, 1.54) is 18.4 Å². The van der Waals surface area contributed by atoms with Crippen LogP contribution >= 0.6 is 0 Å². The van der Waals surface area contributed by atoms with Crippen LogP contribution in [-0.4, -0.2) is 5.16 Å². The van der Waals surface area contributed by atoms with Gasteiger partial charge in [-0.15, -0.1) is 0 Å². The molecule has 2 rings (SSSR count). The van der Waals surface area contributed by atoms with Gasteiger partial charge in [0, 0.05) is 12.1 Å². The zero-order chi connectivity index (χ0) is 6.97. The number of rotatable bonds is 2. The molecule has 0 atom stereocenters. The van der Waals surface area contributed by atoms with E-state index >= 15 is 0 Å². The van der Waals surface area contributed by atoms with Crippen molar-refractivity contribution in [1.82, 2.24) is 5.16 Å². The summed E-state index contributed by atoms with van der Waals surface area (Å²) in [4.78, 5) is 0. The number of hydrogen-bond donors (Lipinski definition) is 1. The molecule has 0 aromatic carbocycles. The molecule has 3 nitrogen and oxygen atoms in total. The maximum atomic E-state index is 5.44. The fourth-order valence-corrected chi connectivity index (χ4v) is 1.15. The highest BCUT2D eigenvalue weighted by atomic mass is 16.5. The van der Waals surface area contributed by atoms with Gasteiger partial charge in [0.25, 0.3) is 0 Å². The third kappa shape index (κ3) is 0.827. The zero-order valence-corrected chi connectivity index (χ0v) is 5.71. The summed E-state index contributed by atoms with van der Waals surface area (Å²) in [5, 5.41) is 3.80. The van der Waals surface area contributed by atoms with E-state index in [4.69, 9.17) is 10.3 Å². The molecule has 1 heterocycles. The molecular formula is C7H10N2O. The lowest BCUT2D eigenvalue weighted by Crippen LogP contribution is -1.99. The predicted octanol–water partition coefficient (Wildman–Crippen LogP) is 1.01. The summed E-state index contributed by atoms with van der Waals surface area (Å²) in [5.74, 6) is 0.699. The fraction of sp³-hybridized carbons (Fsp3) is 0.571. The first-order valence-corrected chi connectivity index (χ1v) is 3.55. The molecule has 2 N–H and O–H groups in total. The Balaban J connectivity index is 2.28. The van der Waals surface area contributed by atoms with Crippen LogP contribution in [0.2, 0.25) is 0 Å². The first kappa shape index (κ1) is 5.92. The summed E-state index contributed by atoms with van der Waals surface area (Å²) in [6, 6.07) is 0. The van der Waals surface area contributed by atoms with Crippen molar-refractivity contribution in [2.45, 2.75) is 25.3 Å². The Hall–Kier alpha value is -0.830. The second-order valence-electron chi connectivity index (χ2n) is 2.69. The van der Waals surface area contributed by atoms with Gasteiger partial charge in [0.1, 0.15) is 12.0 Å². The van der Waals surface area contributed by atoms with Gasteiger partial charge >= 0.3 is 0 Å². The van der Waals surface area contributed by atoms with Gasteiger partial charge < -0.3 is 10.3 Å². The molecule has 1 fully saturated rings. The van der Waals surface area contributed by atoms with Crippen LogP contribution in [0.4, 0.5) is 0 Å². The van der Waals surface area contributed by atoms with Gasteiger partial charge in [0.15, 0.2) is 0 Å². The molecular weight excluding hydrogens is 128 g/mol. The highest BCUT2D eigenvalue weighted by Crippen LogP contribution is 2.41. The lowest BCUT2D eigenvalue weighted by atomic mass is 10.2. The quantitative estimate of drug-likeness (QED) is 0.663. The second kappa shape index (κ2) is 2.09. The average Bonchev–Trinajstić information content (AvgIpc) is 2.69. The molecule has 3 heteroatoms. The Morgan fingerprint density at radius 2 is 2.50 bits per heavy atom. The largest absolute Gasteiger partial charge is 0.364 e. The maximum absolute atomic E-state index is 5.44. The normalized spacial score (nSPS) is 17.7. The van der Waals surface area contributed by atoms with Crippen LogP contribution in [0.3, 0.4) is 0 Å². The first-order chi connectivity index (χ1) is 4.92. The Morgan fingerprint density at radius 3 is 3.10 bits per heavy atom. The molecule has 1 aliphatic carbocycles. The predicted molar refractivity (Wildman–Crippen MR) is 36.4 cm³/mol. The summed E-state index contributed by atoms with van der Waals surface area (Å²) in [6.07, 6.45) is 4.27. The number of nitrogens with two attached hydrogens (primary N) is 1. The highest BCUT2D eigenvalue weighted by Gasteiger charge is 2.27. The van der Waals surface area contributed by atoms with Crippen LogP contribution in [0.1, 0.15) is 30.0 Å². The molecule has 54 valence electrons. The van der Waals surface area contributed by atoms with Gasteiger partial charge in [0.05, 0.1) is 0 Å². The molecule has 0 radical (unpaired) electrons. The van der Waals surface area contributed by atoms with Gasteiger partial charge in [-0.3, -0.25) is 0 Å². The number of hydrogen-bond acceptors (Lipinski definition) is 3. The standard InChI is InChI=1S/C7H10N2O/c8-3-7-6(4-10-9-7)5-1-2-5/h4-5H,1-3,8H2. The van der Waals surface area contributed by atoms with Crippen LogP contribution in [0.25, 0.3) is 0 Å². The van der Waals surface area contributed by atoms with Crippen LogP contribution in [0.5, 0.6) is 0 Å². The van der Waals surface area contributed by atoms with Crippen molar-refractivity contribution >= 4 is 0 Å². The monoisotopic (exact) mass is 138 g/mol. The van der Waals surface area contributed by atoms with Crippen molar-refractivity contribution in [3.05, 3.63) is 17.5 Å². The molecule has 0 aliphatic heterocycles. The molecule has 1 aliphatic rings. The minimum atomic E-state index is 0.502. The summed E-state index contributed by atoms with van der Waals surface area (Å²) in [5.41, 5.74) is 7.60. The van der Waals surface area contributed by atoms with Crippen molar-refractivity contribution in [1.29, 1.82) is 0 Å². The van der Waals surface area contributed by atoms with Gasteiger partial charge in [0.2, 0.25) is 0 Å². The topological polar surface area (TPSA) is 52.0 Å². The molecule has 1 aromatic rings. The van der Waals surface area contributed by atoms with E-state index in [-0.39, 0.29) is 0 Å². The maximum Gasteiger partial charge on any atom is 0.127 e. The highest BCUT2D eigenvalue weighted by molar-refractivity contribution is 5.23. The van der Waals surface area contributed by atoms with Crippen LogP contribution in [0.15, 0.2) is 10.8 Å². The Bertz CT molecular complexity index is 227. The van der Waals surface area contributed by atoms with Crippen molar-refractivity contribution < 1.29 is 4.52 Å². The molecule has 1 aromatic heterocycles. The molecule has 0 unspecified atom stereocenters. The Morgan fingerprint density at radius 1 is 1.70 bits per heavy atom. The van der Waals surface area contributed by atoms with Crippen LogP contribution < -0.4 is 5.73 Å². The van der Waals surface area contributed by atoms with Gasteiger partial charge in [-0.05, 0) is 18.8 Å². The smallest absolute Gasteiger partial charge is 0.127 e. The van der Waals surface area contributed by atoms with Gasteiger partial charge in [-0.2, -0.15) is 0 Å². The molecule has 10 heavy (non-hydrogen) atoms. The van der Waals surface area contributed by atoms with Crippen molar-refractivity contribution in [2.24, 2.45) is 5.73 Å². The third-order valence-electron chi connectivity index (χ3n) is 1.89. The fourth-order valence-electron chi connectivity index (χ4n) is 1.15. The minimum Gasteiger partial charge on any atom is -0.364 e. The summed E-state index contributed by atoms with van der Waals surface area (Å²) >= 11 is 0. The zero-order valence-electron chi connectivity index (χ0n) is 5.71. The van der Waals surface area contributed by atoms with Crippen LogP contribution in [-0.2, 0) is 6.54 Å². The van der Waals surface area contributed by atoms with E-state index in [9.17, 15) is 0 Å². The average molecular weight is 138 g/mol. The van der Waals surface area contributed by atoms with E-state index in [0.717, 1.165) is 5.69 Å². The van der Waals surface area contributed by atoms with Crippen molar-refractivity contribution in [3.8, 4) is 0 Å². The first-order valence-electron chi connectivity index (χ1n) is 3.55. The van der Waals surface area contributed by atoms with E-state index in [2.05, 4.69) is 5.16 Å². The molecule has 0 bridgehead atoms. The van der Waals surface area contributed by atoms with Gasteiger partial charge in [-0.25, -0.2) is 0 Å². The second-order valence-corrected chi connectivity index (χ2v) is 2.69. The number of nitrogens with zero attached hydrogens (tertiary/aromatic N) is 1. The van der Waals surface area contributed by atoms with Crippen molar-refractivity contribution in [2.75, 3.05) is 0 Å². The lowest BCUT2D eigenvalue weighted by molar-refractivity contribution is 0.411. The summed E-state index contributed by atoms with van der Waals surface area (Å²) < 4.78 is 4.81. The Labute approximate surface area is 59.2 Å². The lowest BCUT2D eigenvalue weighted by Gasteiger charge is -1.90. The van der Waals surface area contributed by atoms with E-state index < -0.39 is 0 Å². The van der Waals surface area contributed by atoms with Gasteiger partial charge in [-0.1, -0.05) is 5.16 Å². The van der Waals surface area contributed by atoms with E-state index in [1.54, 1.807) is 6.26 Å². The molecule has 0 saturated heterocycles. The van der Waals surface area contributed by atoms with E-state index in [0.29, 0.717) is 12.5 Å². The van der Waals surface area contributed by atoms with E-state index in [1.807, 2.05) is 0 Å². The molecule has 0 amide bonds. The summed E-state index contributed by atoms with van der Waals surface area (Å²) in [6.45, 7) is 0.502. The van der Waals surface area contributed by atoms with Crippen molar-refractivity contribution in [3.63, 3.8) is 0 Å². The Kier molecular flexibility index (Phi) is 1.24. The minimum absolute atomic E-state index is 0.502. The SMILES string of the molecule is NCc1nocc1C1CC1. The summed E-state index contributed by atoms with van der Waals surface area (Å²) in [7, 11) is 0. The molecule has 0 spiro atoms.